The van der Waals surface area contributed by atoms with Gasteiger partial charge in [-0.05, 0) is 12.8 Å². The van der Waals surface area contributed by atoms with Gasteiger partial charge < -0.3 is 14.7 Å². The largest absolute Gasteiger partial charge is 0.394 e. The smallest absolute Gasteiger partial charge is 0.252 e. The van der Waals surface area contributed by atoms with Crippen LogP contribution in [0.25, 0.3) is 0 Å². The highest BCUT2D eigenvalue weighted by molar-refractivity contribution is 5.81. The number of hydrogen-bond acceptors (Lipinski definition) is 3. The Balaban J connectivity index is 2.60. The number of aliphatic hydroxyl groups is 1. The summed E-state index contributed by atoms with van der Waals surface area (Å²) in [6, 6.07) is -0.0278. The van der Waals surface area contributed by atoms with Crippen molar-refractivity contribution in [2.45, 2.75) is 31.4 Å². The molecule has 0 spiro atoms. The van der Waals surface area contributed by atoms with Gasteiger partial charge in [0.15, 0.2) is 0 Å². The highest BCUT2D eigenvalue weighted by Crippen LogP contribution is 2.19. The molecule has 0 saturated carbocycles. The Morgan fingerprint density at radius 1 is 1.80 bits per heavy atom. The SMILES string of the molecule is C=CC[C@@H](OC)C(=O)N1CCC[C@H]1CO. The number of carbonyl (C=O) groups excluding carboxylic acids is 1. The summed E-state index contributed by atoms with van der Waals surface area (Å²) in [6.07, 6.45) is 3.59. The minimum absolute atomic E-state index is 0.0278. The molecule has 1 N–H and O–H groups in total. The van der Waals surface area contributed by atoms with Crippen molar-refractivity contribution < 1.29 is 14.6 Å². The third-order valence-electron chi connectivity index (χ3n) is 2.81. The number of methoxy groups -OCH3 is 1. The third-order valence-corrected chi connectivity index (χ3v) is 2.81. The molecule has 15 heavy (non-hydrogen) atoms. The first-order valence-corrected chi connectivity index (χ1v) is 5.29. The highest BCUT2D eigenvalue weighted by atomic mass is 16.5. The van der Waals surface area contributed by atoms with E-state index < -0.39 is 6.10 Å². The molecule has 1 rings (SSSR count). The van der Waals surface area contributed by atoms with Gasteiger partial charge in [-0.2, -0.15) is 0 Å². The van der Waals surface area contributed by atoms with Crippen LogP contribution in [0, 0.1) is 0 Å². The second-order valence-corrected chi connectivity index (χ2v) is 3.76. The first-order chi connectivity index (χ1) is 7.24. The molecule has 2 atom stereocenters. The summed E-state index contributed by atoms with van der Waals surface area (Å²) < 4.78 is 5.11. The maximum absolute atomic E-state index is 12.0. The van der Waals surface area contributed by atoms with Gasteiger partial charge in [0.1, 0.15) is 6.10 Å². The Labute approximate surface area is 90.5 Å². The van der Waals surface area contributed by atoms with Crippen molar-refractivity contribution in [2.75, 3.05) is 20.3 Å². The second-order valence-electron chi connectivity index (χ2n) is 3.76. The maximum Gasteiger partial charge on any atom is 0.252 e. The number of hydrogen-bond donors (Lipinski definition) is 1. The van der Waals surface area contributed by atoms with E-state index in [0.29, 0.717) is 6.42 Å². The average Bonchev–Trinajstić information content (AvgIpc) is 2.72. The Bertz CT molecular complexity index is 230. The minimum atomic E-state index is -0.449. The molecule has 4 heteroatoms. The molecule has 0 unspecified atom stereocenters. The van der Waals surface area contributed by atoms with Gasteiger partial charge in [0.2, 0.25) is 0 Å². The van der Waals surface area contributed by atoms with Crippen LogP contribution in [-0.4, -0.2) is 48.3 Å². The van der Waals surface area contributed by atoms with Gasteiger partial charge in [0.25, 0.3) is 5.91 Å². The number of nitrogens with zero attached hydrogens (tertiary/aromatic N) is 1. The molecule has 0 bridgehead atoms. The van der Waals surface area contributed by atoms with Gasteiger partial charge in [0.05, 0.1) is 12.6 Å². The van der Waals surface area contributed by atoms with Gasteiger partial charge in [0, 0.05) is 20.1 Å². The molecule has 1 saturated heterocycles. The molecule has 1 fully saturated rings. The van der Waals surface area contributed by atoms with Crippen molar-refractivity contribution in [3.05, 3.63) is 12.7 Å². The van der Waals surface area contributed by atoms with E-state index in [2.05, 4.69) is 6.58 Å². The Morgan fingerprint density at radius 3 is 3.07 bits per heavy atom. The van der Waals surface area contributed by atoms with Gasteiger partial charge >= 0.3 is 0 Å². The lowest BCUT2D eigenvalue weighted by Crippen LogP contribution is -2.44. The third kappa shape index (κ3) is 2.79. The van der Waals surface area contributed by atoms with E-state index in [1.807, 2.05) is 0 Å². The fourth-order valence-electron chi connectivity index (χ4n) is 1.95. The number of rotatable bonds is 5. The van der Waals surface area contributed by atoms with Crippen LogP contribution in [0.1, 0.15) is 19.3 Å². The summed E-state index contributed by atoms with van der Waals surface area (Å²) in [6.45, 7) is 4.36. The Hall–Kier alpha value is -0.870. The predicted molar refractivity (Wildman–Crippen MR) is 57.4 cm³/mol. The van der Waals surface area contributed by atoms with Crippen molar-refractivity contribution in [3.63, 3.8) is 0 Å². The molecule has 0 aromatic rings. The van der Waals surface area contributed by atoms with Crippen LogP contribution in [0.2, 0.25) is 0 Å². The molecule has 1 aliphatic heterocycles. The lowest BCUT2D eigenvalue weighted by Gasteiger charge is -2.26. The fraction of sp³-hybridized carbons (Fsp3) is 0.727. The first kappa shape index (κ1) is 12.2. The van der Waals surface area contributed by atoms with E-state index in [4.69, 9.17) is 9.84 Å². The summed E-state index contributed by atoms with van der Waals surface area (Å²) in [4.78, 5) is 13.7. The Morgan fingerprint density at radius 2 is 2.53 bits per heavy atom. The molecule has 4 nitrogen and oxygen atoms in total. The van der Waals surface area contributed by atoms with Crippen molar-refractivity contribution in [3.8, 4) is 0 Å². The minimum Gasteiger partial charge on any atom is -0.394 e. The molecule has 0 aromatic heterocycles. The summed E-state index contributed by atoms with van der Waals surface area (Å²) in [5.74, 6) is -0.0334. The first-order valence-electron chi connectivity index (χ1n) is 5.29. The summed E-state index contributed by atoms with van der Waals surface area (Å²) >= 11 is 0. The molecule has 86 valence electrons. The summed E-state index contributed by atoms with van der Waals surface area (Å²) in [5, 5.41) is 9.11. The molecule has 1 heterocycles. The molecule has 1 aliphatic rings. The molecule has 1 amide bonds. The lowest BCUT2D eigenvalue weighted by atomic mass is 10.2. The average molecular weight is 213 g/mol. The van der Waals surface area contributed by atoms with E-state index in [-0.39, 0.29) is 18.6 Å². The van der Waals surface area contributed by atoms with Crippen LogP contribution in [0.3, 0.4) is 0 Å². The van der Waals surface area contributed by atoms with Gasteiger partial charge in [-0.1, -0.05) is 6.08 Å². The fourth-order valence-corrected chi connectivity index (χ4v) is 1.95. The molecule has 0 aromatic carbocycles. The molecule has 0 aliphatic carbocycles. The van der Waals surface area contributed by atoms with Crippen LogP contribution >= 0.6 is 0 Å². The number of ether oxygens (including phenoxy) is 1. The topological polar surface area (TPSA) is 49.8 Å². The van der Waals surface area contributed by atoms with Crippen molar-refractivity contribution in [1.29, 1.82) is 0 Å². The van der Waals surface area contributed by atoms with E-state index >= 15 is 0 Å². The van der Waals surface area contributed by atoms with Crippen LogP contribution in [0.4, 0.5) is 0 Å². The number of likely N-dealkylation sites (tertiary alicyclic amines) is 1. The standard InChI is InChI=1S/C11H19NO3/c1-3-5-10(15-2)11(14)12-7-4-6-9(12)8-13/h3,9-10,13H,1,4-8H2,2H3/t9-,10+/m0/s1. The number of carbonyl (C=O) groups is 1. The van der Waals surface area contributed by atoms with Gasteiger partial charge in [-0.25, -0.2) is 0 Å². The Kier molecular flexibility index (Phi) is 4.78. The van der Waals surface area contributed by atoms with Crippen LogP contribution < -0.4 is 0 Å². The number of amides is 1. The normalized spacial score (nSPS) is 22.8. The maximum atomic E-state index is 12.0. The predicted octanol–water partition coefficient (Wildman–Crippen LogP) is 0.561. The van der Waals surface area contributed by atoms with E-state index in [0.717, 1.165) is 19.4 Å². The van der Waals surface area contributed by atoms with Crippen LogP contribution in [0.5, 0.6) is 0 Å². The van der Waals surface area contributed by atoms with E-state index in [1.54, 1.807) is 11.0 Å². The summed E-state index contributed by atoms with van der Waals surface area (Å²) in [7, 11) is 1.52. The van der Waals surface area contributed by atoms with E-state index in [9.17, 15) is 4.79 Å². The summed E-state index contributed by atoms with van der Waals surface area (Å²) in [5.41, 5.74) is 0. The zero-order valence-corrected chi connectivity index (χ0v) is 9.19. The van der Waals surface area contributed by atoms with Crippen LogP contribution in [-0.2, 0) is 9.53 Å². The molecule has 0 radical (unpaired) electrons. The highest BCUT2D eigenvalue weighted by Gasteiger charge is 2.31. The van der Waals surface area contributed by atoms with Crippen molar-refractivity contribution in [1.82, 2.24) is 4.90 Å². The zero-order chi connectivity index (χ0) is 11.3. The van der Waals surface area contributed by atoms with E-state index in [1.165, 1.54) is 7.11 Å². The van der Waals surface area contributed by atoms with Crippen molar-refractivity contribution in [2.24, 2.45) is 0 Å². The quantitative estimate of drug-likeness (QED) is 0.679. The molecular formula is C11H19NO3. The zero-order valence-electron chi connectivity index (χ0n) is 9.19. The van der Waals surface area contributed by atoms with Crippen molar-refractivity contribution >= 4 is 5.91 Å². The van der Waals surface area contributed by atoms with Crippen LogP contribution in [0.15, 0.2) is 12.7 Å². The van der Waals surface area contributed by atoms with Gasteiger partial charge in [-0.3, -0.25) is 4.79 Å². The second kappa shape index (κ2) is 5.88. The monoisotopic (exact) mass is 213 g/mol. The lowest BCUT2D eigenvalue weighted by molar-refractivity contribution is -0.143. The van der Waals surface area contributed by atoms with Gasteiger partial charge in [-0.15, -0.1) is 6.58 Å². The molecular weight excluding hydrogens is 194 g/mol. The number of aliphatic hydroxyl groups excluding tert-OH is 1.